The van der Waals surface area contributed by atoms with Crippen LogP contribution in [0.5, 0.6) is 5.75 Å². The zero-order valence-electron chi connectivity index (χ0n) is 13.1. The second-order valence-electron chi connectivity index (χ2n) is 5.17. The Labute approximate surface area is 135 Å². The van der Waals surface area contributed by atoms with Crippen molar-refractivity contribution in [3.05, 3.63) is 53.6 Å². The minimum Gasteiger partial charge on any atom is -0.491 e. The Kier molecular flexibility index (Phi) is 6.62. The zero-order chi connectivity index (χ0) is 15.8. The van der Waals surface area contributed by atoms with Gasteiger partial charge in [0, 0.05) is 0 Å². The minimum atomic E-state index is -0.243. The molecule has 1 aliphatic carbocycles. The maximum atomic E-state index is 11.5. The molecule has 0 aromatic heterocycles. The van der Waals surface area contributed by atoms with E-state index in [2.05, 4.69) is 6.92 Å². The normalized spacial score (nSPS) is 17.7. The van der Waals surface area contributed by atoms with E-state index in [1.54, 1.807) is 0 Å². The van der Waals surface area contributed by atoms with Crippen LogP contribution in [0.25, 0.3) is 0 Å². The summed E-state index contributed by atoms with van der Waals surface area (Å²) in [6.07, 6.45) is 5.70. The van der Waals surface area contributed by atoms with Crippen molar-refractivity contribution in [3.63, 3.8) is 0 Å². The molecule has 22 heavy (non-hydrogen) atoms. The molecule has 1 aromatic rings. The van der Waals surface area contributed by atoms with Gasteiger partial charge in [0.15, 0.2) is 0 Å². The first-order valence-electron chi connectivity index (χ1n) is 7.60. The van der Waals surface area contributed by atoms with Crippen molar-refractivity contribution in [3.8, 4) is 5.75 Å². The number of ether oxygens (including phenoxy) is 2. The van der Waals surface area contributed by atoms with Gasteiger partial charge in [0.2, 0.25) is 0 Å². The average Bonchev–Trinajstić information content (AvgIpc) is 2.55. The van der Waals surface area contributed by atoms with E-state index in [9.17, 15) is 4.21 Å². The van der Waals surface area contributed by atoms with Gasteiger partial charge in [-0.2, -0.15) is 0 Å². The predicted molar refractivity (Wildman–Crippen MR) is 91.6 cm³/mol. The minimum absolute atomic E-state index is 0.243. The van der Waals surface area contributed by atoms with Crippen molar-refractivity contribution in [1.82, 2.24) is 0 Å². The number of benzene rings is 1. The molecule has 1 unspecified atom stereocenters. The lowest BCUT2D eigenvalue weighted by atomic mass is 9.93. The molecule has 0 saturated heterocycles. The van der Waals surface area contributed by atoms with E-state index in [-0.39, 0.29) is 6.10 Å². The molecule has 3 nitrogen and oxygen atoms in total. The standard InChI is InChI=1S/C18H22O3S/c1-3-7-16-14(2)10-11-17(18(16)22-19)21-13-12-20-15-8-5-4-6-9-15/h4-6,8-11,17H,3,7,12-13H2,1-2H3. The number of hydrogen-bond donors (Lipinski definition) is 0. The second kappa shape index (κ2) is 8.71. The van der Waals surface area contributed by atoms with Crippen LogP contribution in [0.4, 0.5) is 0 Å². The molecule has 0 fully saturated rings. The van der Waals surface area contributed by atoms with Gasteiger partial charge in [0.1, 0.15) is 18.5 Å². The average molecular weight is 318 g/mol. The van der Waals surface area contributed by atoms with Crippen LogP contribution in [0.1, 0.15) is 26.7 Å². The maximum Gasteiger partial charge on any atom is 0.119 e. The van der Waals surface area contributed by atoms with Gasteiger partial charge in [-0.25, -0.2) is 4.21 Å². The molecule has 0 N–H and O–H groups in total. The first-order valence-corrected chi connectivity index (χ1v) is 8.34. The van der Waals surface area contributed by atoms with Crippen LogP contribution in [0.2, 0.25) is 0 Å². The molecule has 0 spiro atoms. The lowest BCUT2D eigenvalue weighted by molar-refractivity contribution is 0.0945. The molecule has 1 aromatic carbocycles. The van der Waals surface area contributed by atoms with E-state index in [0.717, 1.165) is 29.0 Å². The van der Waals surface area contributed by atoms with Crippen molar-refractivity contribution >= 4 is 16.1 Å². The van der Waals surface area contributed by atoms with Crippen LogP contribution in [0, 0.1) is 0 Å². The summed E-state index contributed by atoms with van der Waals surface area (Å²) in [5.74, 6) is 0.829. The van der Waals surface area contributed by atoms with Crippen LogP contribution in [0.15, 0.2) is 53.6 Å². The first-order chi connectivity index (χ1) is 10.8. The summed E-state index contributed by atoms with van der Waals surface area (Å²) in [5, 5.41) is 0. The van der Waals surface area contributed by atoms with Gasteiger partial charge in [-0.05, 0) is 36.6 Å². The summed E-state index contributed by atoms with van der Waals surface area (Å²) in [7, 11) is 0. The van der Waals surface area contributed by atoms with Crippen LogP contribution >= 0.6 is 0 Å². The van der Waals surface area contributed by atoms with E-state index in [4.69, 9.17) is 9.47 Å². The van der Waals surface area contributed by atoms with Crippen molar-refractivity contribution < 1.29 is 13.7 Å². The second-order valence-corrected chi connectivity index (χ2v) is 5.78. The monoisotopic (exact) mass is 318 g/mol. The van der Waals surface area contributed by atoms with Crippen LogP contribution < -0.4 is 4.74 Å². The summed E-state index contributed by atoms with van der Waals surface area (Å²) in [4.78, 5) is 0.793. The Morgan fingerprint density at radius 3 is 2.64 bits per heavy atom. The third kappa shape index (κ3) is 4.42. The molecule has 118 valence electrons. The van der Waals surface area contributed by atoms with Crippen molar-refractivity contribution in [1.29, 1.82) is 0 Å². The van der Waals surface area contributed by atoms with Gasteiger partial charge >= 0.3 is 0 Å². The van der Waals surface area contributed by atoms with E-state index in [1.165, 1.54) is 5.57 Å². The van der Waals surface area contributed by atoms with E-state index >= 15 is 0 Å². The summed E-state index contributed by atoms with van der Waals surface area (Å²) in [6.45, 7) is 5.09. The lowest BCUT2D eigenvalue weighted by Gasteiger charge is -2.22. The highest BCUT2D eigenvalue weighted by atomic mass is 32.1. The molecule has 0 aliphatic heterocycles. The summed E-state index contributed by atoms with van der Waals surface area (Å²) < 4.78 is 22.9. The Hall–Kier alpha value is -1.65. The van der Waals surface area contributed by atoms with Gasteiger partial charge < -0.3 is 9.47 Å². The summed E-state index contributed by atoms with van der Waals surface area (Å²) in [6, 6.07) is 9.65. The lowest BCUT2D eigenvalue weighted by Crippen LogP contribution is -2.28. The van der Waals surface area contributed by atoms with Gasteiger partial charge in [-0.3, -0.25) is 0 Å². The molecular formula is C18H22O3S. The van der Waals surface area contributed by atoms with Crippen LogP contribution in [0.3, 0.4) is 0 Å². The maximum absolute atomic E-state index is 11.5. The Bertz CT molecular complexity index is 598. The van der Waals surface area contributed by atoms with Gasteiger partial charge in [-0.15, -0.1) is 0 Å². The fourth-order valence-electron chi connectivity index (χ4n) is 2.44. The van der Waals surface area contributed by atoms with Crippen molar-refractivity contribution in [2.24, 2.45) is 0 Å². The number of rotatable bonds is 7. The van der Waals surface area contributed by atoms with E-state index in [1.807, 2.05) is 49.4 Å². The van der Waals surface area contributed by atoms with Crippen molar-refractivity contribution in [2.75, 3.05) is 13.2 Å². The molecule has 1 atom stereocenters. The number of para-hydroxylation sites is 1. The number of hydrogen-bond acceptors (Lipinski definition) is 3. The Balaban J connectivity index is 1.88. The molecule has 0 bridgehead atoms. The van der Waals surface area contributed by atoms with Crippen LogP contribution in [-0.4, -0.2) is 28.4 Å². The molecule has 0 heterocycles. The Morgan fingerprint density at radius 2 is 1.95 bits per heavy atom. The SMILES string of the molecule is CCCC1=C(C)C=CC(OCCOc2ccccc2)C1=S=O. The fourth-order valence-corrected chi connectivity index (χ4v) is 3.04. The van der Waals surface area contributed by atoms with Gasteiger partial charge in [0.05, 0.1) is 22.7 Å². The smallest absolute Gasteiger partial charge is 0.119 e. The van der Waals surface area contributed by atoms with Crippen molar-refractivity contribution in [2.45, 2.75) is 32.8 Å². The molecule has 0 saturated carbocycles. The van der Waals surface area contributed by atoms with E-state index in [0.29, 0.717) is 24.5 Å². The fraction of sp³-hybridized carbons (Fsp3) is 0.389. The van der Waals surface area contributed by atoms with Gasteiger partial charge in [-0.1, -0.05) is 43.7 Å². The van der Waals surface area contributed by atoms with Crippen LogP contribution in [-0.2, 0) is 16.0 Å². The molecule has 0 radical (unpaired) electrons. The predicted octanol–water partition coefficient (Wildman–Crippen LogP) is 3.52. The molecule has 1 aliphatic rings. The third-order valence-corrected chi connectivity index (χ3v) is 4.19. The summed E-state index contributed by atoms with van der Waals surface area (Å²) >= 11 is 0.552. The van der Waals surface area contributed by atoms with E-state index < -0.39 is 0 Å². The zero-order valence-corrected chi connectivity index (χ0v) is 13.9. The Morgan fingerprint density at radius 1 is 1.18 bits per heavy atom. The quantitative estimate of drug-likeness (QED) is 0.570. The molecule has 2 rings (SSSR count). The highest BCUT2D eigenvalue weighted by Gasteiger charge is 2.22. The number of allylic oxidation sites excluding steroid dienone is 2. The molecule has 4 heteroatoms. The third-order valence-electron chi connectivity index (χ3n) is 3.54. The molecule has 0 amide bonds. The summed E-state index contributed by atoms with van der Waals surface area (Å²) in [5.41, 5.74) is 2.31. The topological polar surface area (TPSA) is 35.5 Å². The molecular weight excluding hydrogens is 296 g/mol. The largest absolute Gasteiger partial charge is 0.491 e. The van der Waals surface area contributed by atoms with Gasteiger partial charge in [0.25, 0.3) is 0 Å². The highest BCUT2D eigenvalue weighted by molar-refractivity contribution is 7.67. The highest BCUT2D eigenvalue weighted by Crippen LogP contribution is 2.22. The first kappa shape index (κ1) is 16.7.